The predicted octanol–water partition coefficient (Wildman–Crippen LogP) is 2.89. The fourth-order valence-corrected chi connectivity index (χ4v) is 2.66. The number of amides is 1. The lowest BCUT2D eigenvalue weighted by Crippen LogP contribution is -2.34. The van der Waals surface area contributed by atoms with Gasteiger partial charge in [0.05, 0.1) is 11.7 Å². The Bertz CT molecular complexity index is 640. The summed E-state index contributed by atoms with van der Waals surface area (Å²) in [7, 11) is 4.03. The number of carbonyl (C=O) groups is 1. The molecule has 2 rings (SSSR count). The first-order valence-corrected chi connectivity index (χ1v) is 7.90. The number of hydrogen-bond acceptors (Lipinski definition) is 4. The van der Waals surface area contributed by atoms with Crippen molar-refractivity contribution in [3.8, 4) is 0 Å². The third-order valence-electron chi connectivity index (χ3n) is 4.11. The molecule has 0 fully saturated rings. The topological polar surface area (TPSA) is 58.4 Å². The molecule has 23 heavy (non-hydrogen) atoms. The van der Waals surface area contributed by atoms with Crippen molar-refractivity contribution in [1.82, 2.24) is 15.4 Å². The van der Waals surface area contributed by atoms with Crippen LogP contribution in [0.1, 0.15) is 45.9 Å². The first-order chi connectivity index (χ1) is 10.9. The van der Waals surface area contributed by atoms with Crippen molar-refractivity contribution in [2.45, 2.75) is 33.2 Å². The van der Waals surface area contributed by atoms with E-state index in [1.54, 1.807) is 13.8 Å². The van der Waals surface area contributed by atoms with E-state index >= 15 is 0 Å². The van der Waals surface area contributed by atoms with Gasteiger partial charge >= 0.3 is 0 Å². The summed E-state index contributed by atoms with van der Waals surface area (Å²) in [6, 6.07) is 8.66. The van der Waals surface area contributed by atoms with Gasteiger partial charge in [0, 0.05) is 6.54 Å². The Morgan fingerprint density at radius 2 is 1.91 bits per heavy atom. The summed E-state index contributed by atoms with van der Waals surface area (Å²) in [6.07, 6.45) is 1.02. The highest BCUT2D eigenvalue weighted by atomic mass is 16.5. The largest absolute Gasteiger partial charge is 0.361 e. The monoisotopic (exact) mass is 315 g/mol. The van der Waals surface area contributed by atoms with Gasteiger partial charge in [-0.05, 0) is 45.5 Å². The van der Waals surface area contributed by atoms with E-state index in [4.69, 9.17) is 4.52 Å². The SMILES string of the molecule is CCc1ccc([C@@H](CNC(=O)c2c(C)noc2C)N(C)C)cc1. The molecule has 0 aliphatic heterocycles. The van der Waals surface area contributed by atoms with Crippen molar-refractivity contribution in [2.75, 3.05) is 20.6 Å². The zero-order valence-electron chi connectivity index (χ0n) is 14.5. The maximum Gasteiger partial charge on any atom is 0.256 e. The molecule has 5 heteroatoms. The van der Waals surface area contributed by atoms with Crippen molar-refractivity contribution in [3.63, 3.8) is 0 Å². The average Bonchev–Trinajstić information content (AvgIpc) is 2.86. The van der Waals surface area contributed by atoms with E-state index in [0.29, 0.717) is 23.6 Å². The second kappa shape index (κ2) is 7.42. The molecule has 1 aromatic heterocycles. The van der Waals surface area contributed by atoms with E-state index in [9.17, 15) is 4.79 Å². The van der Waals surface area contributed by atoms with Gasteiger partial charge in [-0.2, -0.15) is 0 Å². The Balaban J connectivity index is 2.09. The molecule has 0 radical (unpaired) electrons. The fraction of sp³-hybridized carbons (Fsp3) is 0.444. The van der Waals surface area contributed by atoms with Crippen LogP contribution in [-0.2, 0) is 6.42 Å². The van der Waals surface area contributed by atoms with Crippen LogP contribution in [0.4, 0.5) is 0 Å². The Morgan fingerprint density at radius 1 is 1.26 bits per heavy atom. The van der Waals surface area contributed by atoms with Gasteiger partial charge < -0.3 is 14.7 Å². The molecule has 1 N–H and O–H groups in total. The van der Waals surface area contributed by atoms with Crippen LogP contribution in [0.3, 0.4) is 0 Å². The smallest absolute Gasteiger partial charge is 0.256 e. The van der Waals surface area contributed by atoms with Gasteiger partial charge in [-0.25, -0.2) is 0 Å². The van der Waals surface area contributed by atoms with Gasteiger partial charge in [-0.3, -0.25) is 4.79 Å². The minimum atomic E-state index is -0.140. The zero-order chi connectivity index (χ0) is 17.0. The third kappa shape index (κ3) is 3.99. The van der Waals surface area contributed by atoms with E-state index in [0.717, 1.165) is 6.42 Å². The molecular formula is C18H25N3O2. The Hall–Kier alpha value is -2.14. The van der Waals surface area contributed by atoms with E-state index in [1.807, 2.05) is 14.1 Å². The van der Waals surface area contributed by atoms with Gasteiger partial charge in [0.15, 0.2) is 0 Å². The lowest BCUT2D eigenvalue weighted by atomic mass is 10.0. The van der Waals surface area contributed by atoms with Crippen LogP contribution in [0.15, 0.2) is 28.8 Å². The van der Waals surface area contributed by atoms with Crippen molar-refractivity contribution < 1.29 is 9.32 Å². The summed E-state index contributed by atoms with van der Waals surface area (Å²) in [6.45, 7) is 6.20. The normalized spacial score (nSPS) is 12.4. The number of benzene rings is 1. The molecule has 0 aliphatic carbocycles. The first kappa shape index (κ1) is 17.2. The Kier molecular flexibility index (Phi) is 5.55. The molecule has 0 saturated carbocycles. The molecule has 0 saturated heterocycles. The van der Waals surface area contributed by atoms with Crippen molar-refractivity contribution in [2.24, 2.45) is 0 Å². The highest BCUT2D eigenvalue weighted by Crippen LogP contribution is 2.19. The van der Waals surface area contributed by atoms with Crippen LogP contribution in [0.2, 0.25) is 0 Å². The second-order valence-corrected chi connectivity index (χ2v) is 5.98. The van der Waals surface area contributed by atoms with E-state index in [-0.39, 0.29) is 11.9 Å². The first-order valence-electron chi connectivity index (χ1n) is 7.90. The summed E-state index contributed by atoms with van der Waals surface area (Å²) in [5, 5.41) is 6.83. The fourth-order valence-electron chi connectivity index (χ4n) is 2.66. The van der Waals surface area contributed by atoms with Gasteiger partial charge in [-0.1, -0.05) is 36.3 Å². The van der Waals surface area contributed by atoms with Gasteiger partial charge in [-0.15, -0.1) is 0 Å². The van der Waals surface area contributed by atoms with E-state index in [2.05, 4.69) is 46.6 Å². The minimum absolute atomic E-state index is 0.116. The van der Waals surface area contributed by atoms with Crippen molar-refractivity contribution >= 4 is 5.91 Å². The van der Waals surface area contributed by atoms with Crippen molar-refractivity contribution in [1.29, 1.82) is 0 Å². The molecule has 0 bridgehead atoms. The van der Waals surface area contributed by atoms with Gasteiger partial charge in [0.1, 0.15) is 11.3 Å². The number of aromatic nitrogens is 1. The highest BCUT2D eigenvalue weighted by molar-refractivity contribution is 5.96. The molecule has 5 nitrogen and oxygen atoms in total. The zero-order valence-corrected chi connectivity index (χ0v) is 14.5. The average molecular weight is 315 g/mol. The Morgan fingerprint density at radius 3 is 2.39 bits per heavy atom. The Labute approximate surface area is 137 Å². The number of nitrogens with one attached hydrogen (secondary N) is 1. The summed E-state index contributed by atoms with van der Waals surface area (Å²) in [5.41, 5.74) is 3.65. The molecule has 0 aliphatic rings. The minimum Gasteiger partial charge on any atom is -0.361 e. The number of rotatable bonds is 6. The van der Waals surface area contributed by atoms with Crippen LogP contribution < -0.4 is 5.32 Å². The van der Waals surface area contributed by atoms with Crippen LogP contribution >= 0.6 is 0 Å². The standard InChI is InChI=1S/C18H25N3O2/c1-6-14-7-9-15(10-8-14)16(21(4)5)11-19-18(22)17-12(2)20-23-13(17)3/h7-10,16H,6,11H2,1-5H3,(H,19,22)/t16-/m1/s1. The lowest BCUT2D eigenvalue weighted by molar-refractivity contribution is 0.0940. The molecule has 0 unspecified atom stereocenters. The summed E-state index contributed by atoms with van der Waals surface area (Å²) < 4.78 is 5.06. The summed E-state index contributed by atoms with van der Waals surface area (Å²) >= 11 is 0. The lowest BCUT2D eigenvalue weighted by Gasteiger charge is -2.25. The second-order valence-electron chi connectivity index (χ2n) is 5.98. The molecule has 1 heterocycles. The quantitative estimate of drug-likeness (QED) is 0.890. The highest BCUT2D eigenvalue weighted by Gasteiger charge is 2.20. The van der Waals surface area contributed by atoms with Crippen LogP contribution in [0, 0.1) is 13.8 Å². The molecule has 1 amide bonds. The summed E-state index contributed by atoms with van der Waals surface area (Å²) in [5.74, 6) is 0.409. The van der Waals surface area contributed by atoms with E-state index in [1.165, 1.54) is 11.1 Å². The maximum atomic E-state index is 12.4. The van der Waals surface area contributed by atoms with Crippen LogP contribution in [-0.4, -0.2) is 36.6 Å². The summed E-state index contributed by atoms with van der Waals surface area (Å²) in [4.78, 5) is 14.5. The number of likely N-dealkylation sites (N-methyl/N-ethyl adjacent to an activating group) is 1. The number of aryl methyl sites for hydroxylation is 3. The molecule has 2 aromatic rings. The number of hydrogen-bond donors (Lipinski definition) is 1. The van der Waals surface area contributed by atoms with Gasteiger partial charge in [0.2, 0.25) is 0 Å². The molecule has 124 valence electrons. The molecule has 1 atom stereocenters. The maximum absolute atomic E-state index is 12.4. The van der Waals surface area contributed by atoms with E-state index < -0.39 is 0 Å². The van der Waals surface area contributed by atoms with Gasteiger partial charge in [0.25, 0.3) is 5.91 Å². The van der Waals surface area contributed by atoms with Crippen LogP contribution in [0.5, 0.6) is 0 Å². The third-order valence-corrected chi connectivity index (χ3v) is 4.11. The van der Waals surface area contributed by atoms with Crippen LogP contribution in [0.25, 0.3) is 0 Å². The molecule has 1 aromatic carbocycles. The van der Waals surface area contributed by atoms with Crippen molar-refractivity contribution in [3.05, 3.63) is 52.4 Å². The number of nitrogens with zero attached hydrogens (tertiary/aromatic N) is 2. The predicted molar refractivity (Wildman–Crippen MR) is 90.6 cm³/mol. The molecular weight excluding hydrogens is 290 g/mol. The number of carbonyl (C=O) groups excluding carboxylic acids is 1. The molecule has 0 spiro atoms.